The third-order valence-electron chi connectivity index (χ3n) is 11.4. The van der Waals surface area contributed by atoms with Crippen molar-refractivity contribution in [2.24, 2.45) is 10.7 Å². The van der Waals surface area contributed by atoms with Crippen molar-refractivity contribution in [1.82, 2.24) is 0 Å². The van der Waals surface area contributed by atoms with E-state index < -0.39 is 0 Å². The number of furan rings is 2. The molecular formula is C56H41N3O2S. The molecule has 5 nitrogen and oxygen atoms in total. The van der Waals surface area contributed by atoms with Crippen molar-refractivity contribution in [2.45, 2.75) is 13.5 Å². The number of nitrogens with one attached hydrogen (secondary N) is 1. The van der Waals surface area contributed by atoms with Gasteiger partial charge in [-0.3, -0.25) is 10.4 Å². The van der Waals surface area contributed by atoms with Crippen LogP contribution in [0.15, 0.2) is 208 Å². The number of nitrogens with two attached hydrogens (primary N) is 1. The molecule has 0 aliphatic rings. The first-order valence-electron chi connectivity index (χ1n) is 20.6. The summed E-state index contributed by atoms with van der Waals surface area (Å²) in [6.07, 6.45) is 8.98. The van der Waals surface area contributed by atoms with Gasteiger partial charge in [-0.2, -0.15) is 0 Å². The molecule has 0 bridgehead atoms. The van der Waals surface area contributed by atoms with Crippen LogP contribution in [0.4, 0.5) is 0 Å². The van der Waals surface area contributed by atoms with Crippen LogP contribution in [0.2, 0.25) is 0 Å². The van der Waals surface area contributed by atoms with Crippen LogP contribution >= 0.6 is 11.3 Å². The summed E-state index contributed by atoms with van der Waals surface area (Å²) in [5.41, 5.74) is 16.1. The molecule has 3 heterocycles. The highest BCUT2D eigenvalue weighted by molar-refractivity contribution is 7.25. The normalized spacial score (nSPS) is 12.2. The van der Waals surface area contributed by atoms with E-state index in [9.17, 15) is 0 Å². The molecule has 62 heavy (non-hydrogen) atoms. The molecule has 11 rings (SSSR count). The molecule has 0 radical (unpaired) electrons. The van der Waals surface area contributed by atoms with E-state index in [2.05, 4.69) is 152 Å². The minimum absolute atomic E-state index is 0.0492. The number of aliphatic imine (C=N–C) groups is 1. The number of allylic oxidation sites excluding steroid dienone is 3. The van der Waals surface area contributed by atoms with Crippen LogP contribution in [0.5, 0.6) is 0 Å². The number of fused-ring (bicyclic) bond motifs is 10. The fourth-order valence-electron chi connectivity index (χ4n) is 8.39. The van der Waals surface area contributed by atoms with Crippen LogP contribution in [-0.4, -0.2) is 12.1 Å². The SMILES string of the molecule is C(=NCc1ccc2ccccc2c1)c1cccc2oc3ccc(-c4cccc5oc6c(-c7ccc8c(c7)sc7ccccc78)cccc6c45)cc3c12.C=C/C(=C\C=C/C)C(=N)N. The van der Waals surface area contributed by atoms with Gasteiger partial charge >= 0.3 is 0 Å². The Kier molecular flexibility index (Phi) is 10.1. The highest BCUT2D eigenvalue weighted by Crippen LogP contribution is 2.43. The number of nitrogens with zero attached hydrogens (tertiary/aromatic N) is 1. The Morgan fingerprint density at radius 3 is 2.23 bits per heavy atom. The molecule has 0 aliphatic carbocycles. The molecule has 3 N–H and O–H groups in total. The number of amidine groups is 1. The van der Waals surface area contributed by atoms with Gasteiger partial charge in [0.15, 0.2) is 0 Å². The van der Waals surface area contributed by atoms with Gasteiger partial charge in [-0.1, -0.05) is 146 Å². The van der Waals surface area contributed by atoms with Crippen LogP contribution in [0.25, 0.3) is 97.1 Å². The van der Waals surface area contributed by atoms with E-state index >= 15 is 0 Å². The Bertz CT molecular complexity index is 3630. The maximum atomic E-state index is 7.03. The maximum Gasteiger partial charge on any atom is 0.143 e. The third-order valence-corrected chi connectivity index (χ3v) is 12.5. The number of rotatable bonds is 8. The van der Waals surface area contributed by atoms with Crippen molar-refractivity contribution < 1.29 is 8.83 Å². The van der Waals surface area contributed by atoms with Crippen molar-refractivity contribution >= 4 is 98.2 Å². The molecule has 0 fully saturated rings. The van der Waals surface area contributed by atoms with Crippen molar-refractivity contribution in [2.75, 3.05) is 0 Å². The highest BCUT2D eigenvalue weighted by atomic mass is 32.1. The summed E-state index contributed by atoms with van der Waals surface area (Å²) < 4.78 is 15.7. The fourth-order valence-corrected chi connectivity index (χ4v) is 9.54. The molecule has 298 valence electrons. The Morgan fingerprint density at radius 2 is 1.37 bits per heavy atom. The second kappa shape index (κ2) is 16.3. The molecule has 0 saturated heterocycles. The van der Waals surface area contributed by atoms with E-state index in [1.807, 2.05) is 48.8 Å². The van der Waals surface area contributed by atoms with Gasteiger partial charge in [0.2, 0.25) is 0 Å². The lowest BCUT2D eigenvalue weighted by molar-refractivity contribution is 0.669. The molecule has 8 aromatic carbocycles. The summed E-state index contributed by atoms with van der Waals surface area (Å²) in [6.45, 7) is 6.02. The molecule has 0 atom stereocenters. The second-order valence-electron chi connectivity index (χ2n) is 15.2. The molecule has 0 spiro atoms. The van der Waals surface area contributed by atoms with Gasteiger partial charge in [-0.05, 0) is 82.4 Å². The molecular weight excluding hydrogens is 779 g/mol. The van der Waals surface area contributed by atoms with Gasteiger partial charge < -0.3 is 14.6 Å². The predicted octanol–water partition coefficient (Wildman–Crippen LogP) is 15.6. The van der Waals surface area contributed by atoms with E-state index in [-0.39, 0.29) is 5.84 Å². The summed E-state index contributed by atoms with van der Waals surface area (Å²) in [4.78, 5) is 4.89. The largest absolute Gasteiger partial charge is 0.456 e. The van der Waals surface area contributed by atoms with Gasteiger partial charge in [-0.15, -0.1) is 11.3 Å². The number of para-hydroxylation sites is 1. The van der Waals surface area contributed by atoms with E-state index in [0.717, 1.165) is 71.7 Å². The Labute approximate surface area is 362 Å². The number of hydrogen-bond acceptors (Lipinski definition) is 5. The highest BCUT2D eigenvalue weighted by Gasteiger charge is 2.18. The van der Waals surface area contributed by atoms with E-state index in [1.165, 1.54) is 36.5 Å². The lowest BCUT2D eigenvalue weighted by Gasteiger charge is -2.06. The van der Waals surface area contributed by atoms with E-state index in [1.54, 1.807) is 12.2 Å². The number of hydrogen-bond donors (Lipinski definition) is 2. The van der Waals surface area contributed by atoms with Crippen LogP contribution in [0, 0.1) is 5.41 Å². The van der Waals surface area contributed by atoms with E-state index in [4.69, 9.17) is 25.0 Å². The summed E-state index contributed by atoms with van der Waals surface area (Å²) in [6, 6.07) is 56.0. The molecule has 11 aromatic rings. The lowest BCUT2D eigenvalue weighted by Crippen LogP contribution is -2.10. The third kappa shape index (κ3) is 7.06. The standard InChI is InChI=1S/C48H29NO2S.C8H12N2/c1-2-9-31-24-29(18-19-30(31)8-1)27-49-28-34-10-5-15-42-46(34)40-25-32(21-23-41(40)50-42)35-12-7-16-43-47(35)39-14-6-13-36(48(39)51-43)33-20-22-38-37-11-3-4-17-44(37)52-45(38)26-33;1-3-5-6-7(4-2)8(9)10/h1-26,28H,27H2;3-6H,2H2,1H3,(H3,9,10)/b;5-3-,7-6+. The van der Waals surface area contributed by atoms with Gasteiger partial charge in [0.05, 0.1) is 6.54 Å². The Morgan fingerprint density at radius 1 is 0.645 bits per heavy atom. The average molecular weight is 820 g/mol. The smallest absolute Gasteiger partial charge is 0.143 e. The average Bonchev–Trinajstić information content (AvgIpc) is 4.00. The fraction of sp³-hybridized carbons (Fsp3) is 0.0357. The lowest BCUT2D eigenvalue weighted by atomic mass is 9.96. The molecule has 0 amide bonds. The quantitative estimate of drug-likeness (QED) is 0.0909. The van der Waals surface area contributed by atoms with Gasteiger partial charge in [0, 0.05) is 64.6 Å². The predicted molar refractivity (Wildman–Crippen MR) is 265 cm³/mol. The zero-order valence-corrected chi connectivity index (χ0v) is 34.9. The maximum absolute atomic E-state index is 7.03. The van der Waals surface area contributed by atoms with Crippen LogP contribution < -0.4 is 5.73 Å². The van der Waals surface area contributed by atoms with Gasteiger partial charge in [0.25, 0.3) is 0 Å². The monoisotopic (exact) mass is 819 g/mol. The van der Waals surface area contributed by atoms with Crippen LogP contribution in [0.1, 0.15) is 18.1 Å². The molecule has 0 aliphatic heterocycles. The zero-order chi connectivity index (χ0) is 42.2. The summed E-state index contributed by atoms with van der Waals surface area (Å²) >= 11 is 1.84. The molecule has 3 aromatic heterocycles. The van der Waals surface area contributed by atoms with Crippen molar-refractivity contribution in [1.29, 1.82) is 5.41 Å². The second-order valence-corrected chi connectivity index (χ2v) is 16.3. The molecule has 6 heteroatoms. The summed E-state index contributed by atoms with van der Waals surface area (Å²) in [5, 5.41) is 16.5. The summed E-state index contributed by atoms with van der Waals surface area (Å²) in [5.74, 6) is 0.0492. The first kappa shape index (κ1) is 38.4. The van der Waals surface area contributed by atoms with Gasteiger partial charge in [-0.25, -0.2) is 0 Å². The minimum atomic E-state index is 0.0492. The van der Waals surface area contributed by atoms with Crippen molar-refractivity contribution in [3.05, 3.63) is 205 Å². The van der Waals surface area contributed by atoms with Crippen molar-refractivity contribution in [3.8, 4) is 22.3 Å². The first-order valence-corrected chi connectivity index (χ1v) is 21.4. The van der Waals surface area contributed by atoms with E-state index in [0.29, 0.717) is 12.1 Å². The topological polar surface area (TPSA) is 88.5 Å². The number of benzene rings is 8. The first-order chi connectivity index (χ1) is 30.5. The minimum Gasteiger partial charge on any atom is -0.456 e. The molecule has 0 unspecified atom stereocenters. The van der Waals surface area contributed by atoms with Crippen LogP contribution in [-0.2, 0) is 6.54 Å². The van der Waals surface area contributed by atoms with Crippen molar-refractivity contribution in [3.63, 3.8) is 0 Å². The molecule has 0 saturated carbocycles. The van der Waals surface area contributed by atoms with Gasteiger partial charge in [0.1, 0.15) is 28.2 Å². The zero-order valence-electron chi connectivity index (χ0n) is 34.1. The van der Waals surface area contributed by atoms with Crippen LogP contribution in [0.3, 0.4) is 0 Å². The Hall–Kier alpha value is -7.80. The number of thiophene rings is 1. The Balaban J connectivity index is 0.000000411. The summed E-state index contributed by atoms with van der Waals surface area (Å²) in [7, 11) is 0.